The number of para-hydroxylation sites is 1. The van der Waals surface area contributed by atoms with Crippen molar-refractivity contribution in [3.8, 4) is 5.75 Å². The van der Waals surface area contributed by atoms with Gasteiger partial charge in [-0.25, -0.2) is 8.42 Å². The molecule has 1 aliphatic rings. The normalized spacial score (nSPS) is 18.5. The van der Waals surface area contributed by atoms with E-state index in [9.17, 15) is 13.2 Å². The lowest BCUT2D eigenvalue weighted by Crippen LogP contribution is -2.22. The van der Waals surface area contributed by atoms with Crippen LogP contribution in [0.1, 0.15) is 6.42 Å². The van der Waals surface area contributed by atoms with Gasteiger partial charge in [0.1, 0.15) is 11.6 Å². The van der Waals surface area contributed by atoms with Crippen LogP contribution in [0.4, 0.5) is 11.6 Å². The van der Waals surface area contributed by atoms with E-state index < -0.39 is 9.84 Å². The molecule has 3 rings (SSSR count). The monoisotopic (exact) mass is 362 g/mol. The minimum absolute atomic E-state index is 0.101. The van der Waals surface area contributed by atoms with Crippen molar-refractivity contribution in [2.24, 2.45) is 0 Å². The van der Waals surface area contributed by atoms with Gasteiger partial charge in [0.25, 0.3) is 5.91 Å². The van der Waals surface area contributed by atoms with Crippen LogP contribution < -0.4 is 15.4 Å². The standard InChI is InChI=1S/C16H18N4O4S/c21-16(10-24-13-4-2-1-3-5-13)18-15-7-6-14(19-20-15)17-12-8-9-25(22,23)11-12/h1-7,12H,8-11H2,(H,17,19)(H,18,20,21). The fraction of sp³-hybridized carbons (Fsp3) is 0.312. The van der Waals surface area contributed by atoms with Crippen LogP contribution in [-0.2, 0) is 14.6 Å². The number of nitrogens with one attached hydrogen (secondary N) is 2. The first kappa shape index (κ1) is 17.2. The highest BCUT2D eigenvalue weighted by atomic mass is 32.2. The number of rotatable bonds is 6. The Bertz CT molecular complexity index is 825. The number of hydrogen-bond acceptors (Lipinski definition) is 7. The van der Waals surface area contributed by atoms with Gasteiger partial charge in [0, 0.05) is 6.04 Å². The van der Waals surface area contributed by atoms with Gasteiger partial charge < -0.3 is 15.4 Å². The van der Waals surface area contributed by atoms with Crippen molar-refractivity contribution < 1.29 is 17.9 Å². The zero-order chi connectivity index (χ0) is 17.7. The first-order valence-electron chi connectivity index (χ1n) is 7.78. The van der Waals surface area contributed by atoms with E-state index in [4.69, 9.17) is 4.74 Å². The van der Waals surface area contributed by atoms with E-state index in [0.717, 1.165) is 0 Å². The Morgan fingerprint density at radius 2 is 1.84 bits per heavy atom. The van der Waals surface area contributed by atoms with Crippen molar-refractivity contribution in [1.82, 2.24) is 10.2 Å². The van der Waals surface area contributed by atoms with Crippen LogP contribution in [0, 0.1) is 0 Å². The van der Waals surface area contributed by atoms with E-state index in [-0.39, 0.29) is 30.1 Å². The van der Waals surface area contributed by atoms with E-state index in [1.807, 2.05) is 18.2 Å². The molecule has 0 spiro atoms. The summed E-state index contributed by atoms with van der Waals surface area (Å²) < 4.78 is 28.2. The summed E-state index contributed by atoms with van der Waals surface area (Å²) >= 11 is 0. The number of nitrogens with zero attached hydrogens (tertiary/aromatic N) is 2. The fourth-order valence-electron chi connectivity index (χ4n) is 2.44. The van der Waals surface area contributed by atoms with Crippen molar-refractivity contribution in [3.05, 3.63) is 42.5 Å². The van der Waals surface area contributed by atoms with E-state index >= 15 is 0 Å². The van der Waals surface area contributed by atoms with Crippen molar-refractivity contribution in [2.75, 3.05) is 28.7 Å². The molecule has 1 aromatic heterocycles. The number of benzene rings is 1. The Morgan fingerprint density at radius 3 is 2.48 bits per heavy atom. The Kier molecular flexibility index (Phi) is 5.13. The molecule has 1 aromatic carbocycles. The topological polar surface area (TPSA) is 110 Å². The van der Waals surface area contributed by atoms with Crippen LogP contribution >= 0.6 is 0 Å². The summed E-state index contributed by atoms with van der Waals surface area (Å²) in [6.07, 6.45) is 0.555. The maximum absolute atomic E-state index is 11.8. The molecule has 0 bridgehead atoms. The van der Waals surface area contributed by atoms with Crippen molar-refractivity contribution in [2.45, 2.75) is 12.5 Å². The zero-order valence-electron chi connectivity index (χ0n) is 13.4. The molecule has 25 heavy (non-hydrogen) atoms. The van der Waals surface area contributed by atoms with E-state index in [1.165, 1.54) is 0 Å². The zero-order valence-corrected chi connectivity index (χ0v) is 14.2. The molecule has 1 atom stereocenters. The molecule has 8 nitrogen and oxygen atoms in total. The molecule has 132 valence electrons. The third-order valence-electron chi connectivity index (χ3n) is 3.63. The summed E-state index contributed by atoms with van der Waals surface area (Å²) in [5, 5.41) is 13.5. The molecule has 1 fully saturated rings. The van der Waals surface area contributed by atoms with Crippen LogP contribution in [0.25, 0.3) is 0 Å². The van der Waals surface area contributed by atoms with Gasteiger partial charge in [0.15, 0.2) is 22.3 Å². The van der Waals surface area contributed by atoms with E-state index in [1.54, 1.807) is 24.3 Å². The molecule has 1 amide bonds. The Balaban J connectivity index is 1.48. The molecule has 1 saturated heterocycles. The van der Waals surface area contributed by atoms with Crippen molar-refractivity contribution in [3.63, 3.8) is 0 Å². The van der Waals surface area contributed by atoms with E-state index in [0.29, 0.717) is 23.8 Å². The predicted octanol–water partition coefficient (Wildman–Crippen LogP) is 1.09. The summed E-state index contributed by atoms with van der Waals surface area (Å²) in [6, 6.07) is 12.1. The highest BCUT2D eigenvalue weighted by Crippen LogP contribution is 2.16. The van der Waals surface area contributed by atoms with Gasteiger partial charge in [-0.15, -0.1) is 10.2 Å². The summed E-state index contributed by atoms with van der Waals surface area (Å²) in [4.78, 5) is 11.8. The molecule has 1 unspecified atom stereocenters. The second-order valence-corrected chi connectivity index (χ2v) is 7.93. The second kappa shape index (κ2) is 7.47. The van der Waals surface area contributed by atoms with Gasteiger partial charge in [0.05, 0.1) is 11.5 Å². The Morgan fingerprint density at radius 1 is 1.12 bits per heavy atom. The molecule has 2 N–H and O–H groups in total. The number of carbonyl (C=O) groups is 1. The smallest absolute Gasteiger partial charge is 0.263 e. The number of hydrogen-bond donors (Lipinski definition) is 2. The first-order chi connectivity index (χ1) is 12.0. The highest BCUT2D eigenvalue weighted by Gasteiger charge is 2.27. The quantitative estimate of drug-likeness (QED) is 0.791. The maximum Gasteiger partial charge on any atom is 0.263 e. The van der Waals surface area contributed by atoms with Gasteiger partial charge in [-0.1, -0.05) is 18.2 Å². The molecule has 2 heterocycles. The van der Waals surface area contributed by atoms with Crippen LogP contribution in [-0.4, -0.2) is 48.7 Å². The number of aromatic nitrogens is 2. The predicted molar refractivity (Wildman–Crippen MR) is 93.3 cm³/mol. The van der Waals surface area contributed by atoms with Crippen LogP contribution in [0.3, 0.4) is 0 Å². The number of ether oxygens (including phenoxy) is 1. The highest BCUT2D eigenvalue weighted by molar-refractivity contribution is 7.91. The third-order valence-corrected chi connectivity index (χ3v) is 5.40. The van der Waals surface area contributed by atoms with Gasteiger partial charge in [-0.3, -0.25) is 4.79 Å². The van der Waals surface area contributed by atoms with Gasteiger partial charge in [0.2, 0.25) is 0 Å². The summed E-state index contributed by atoms with van der Waals surface area (Å²) in [6.45, 7) is -0.133. The maximum atomic E-state index is 11.8. The molecule has 0 saturated carbocycles. The summed E-state index contributed by atoms with van der Waals surface area (Å²) in [5.41, 5.74) is 0. The molecule has 0 aliphatic carbocycles. The molecule has 2 aromatic rings. The number of carbonyl (C=O) groups excluding carboxylic acids is 1. The minimum atomic E-state index is -2.95. The SMILES string of the molecule is O=C(COc1ccccc1)Nc1ccc(NC2CCS(=O)(=O)C2)nn1. The number of sulfone groups is 1. The molecule has 9 heteroatoms. The van der Waals surface area contributed by atoms with Crippen LogP contribution in [0.15, 0.2) is 42.5 Å². The van der Waals surface area contributed by atoms with Crippen molar-refractivity contribution >= 4 is 27.4 Å². The van der Waals surface area contributed by atoms with Crippen LogP contribution in [0.2, 0.25) is 0 Å². The molecule has 0 radical (unpaired) electrons. The van der Waals surface area contributed by atoms with Gasteiger partial charge >= 0.3 is 0 Å². The third kappa shape index (κ3) is 5.15. The lowest BCUT2D eigenvalue weighted by molar-refractivity contribution is -0.118. The Hall–Kier alpha value is -2.68. The summed E-state index contributed by atoms with van der Waals surface area (Å²) in [5.74, 6) is 1.32. The lowest BCUT2D eigenvalue weighted by Gasteiger charge is -2.11. The lowest BCUT2D eigenvalue weighted by atomic mass is 10.2. The average molecular weight is 362 g/mol. The second-order valence-electron chi connectivity index (χ2n) is 5.70. The fourth-order valence-corrected chi connectivity index (χ4v) is 4.11. The first-order valence-corrected chi connectivity index (χ1v) is 9.61. The number of amides is 1. The number of anilines is 2. The largest absolute Gasteiger partial charge is 0.484 e. The molecular weight excluding hydrogens is 344 g/mol. The van der Waals surface area contributed by atoms with Gasteiger partial charge in [-0.05, 0) is 30.7 Å². The van der Waals surface area contributed by atoms with E-state index in [2.05, 4.69) is 20.8 Å². The summed E-state index contributed by atoms with van der Waals surface area (Å²) in [7, 11) is -2.95. The van der Waals surface area contributed by atoms with Crippen LogP contribution in [0.5, 0.6) is 5.75 Å². The van der Waals surface area contributed by atoms with Gasteiger partial charge in [-0.2, -0.15) is 0 Å². The average Bonchev–Trinajstić information content (AvgIpc) is 2.94. The minimum Gasteiger partial charge on any atom is -0.484 e. The Labute approximate surface area is 145 Å². The molecule has 1 aliphatic heterocycles. The van der Waals surface area contributed by atoms with Crippen molar-refractivity contribution in [1.29, 1.82) is 0 Å². The molecular formula is C16H18N4O4S.